The third-order valence-electron chi connectivity index (χ3n) is 4.76. The summed E-state index contributed by atoms with van der Waals surface area (Å²) in [6, 6.07) is 18.0. The Balaban J connectivity index is 0.00000132. The van der Waals surface area contributed by atoms with E-state index in [0.717, 1.165) is 11.6 Å². The highest BCUT2D eigenvalue weighted by Crippen LogP contribution is 2.44. The van der Waals surface area contributed by atoms with Crippen molar-refractivity contribution in [1.82, 2.24) is 4.90 Å². The second-order valence-corrected chi connectivity index (χ2v) is 6.33. The maximum Gasteiger partial charge on any atom is 0.0408 e. The lowest BCUT2D eigenvalue weighted by molar-refractivity contribution is 0.230. The van der Waals surface area contributed by atoms with Gasteiger partial charge in [-0.15, -0.1) is 17.0 Å². The summed E-state index contributed by atoms with van der Waals surface area (Å²) in [6.45, 7) is 2.36. The molecule has 2 atom stereocenters. The molecule has 0 radical (unpaired) electrons. The molecular weight excluding hydrogens is 346 g/mol. The van der Waals surface area contributed by atoms with Gasteiger partial charge in [0.2, 0.25) is 0 Å². The Kier molecular flexibility index (Phi) is 4.39. The Morgan fingerprint density at radius 3 is 2.62 bits per heavy atom. The SMILES string of the molecule is Br.Clc1cccc([C@@H]2CN3CCC[C@@H]3c3ccccc32)c1. The predicted octanol–water partition coefficient (Wildman–Crippen LogP) is 5.20. The third-order valence-corrected chi connectivity index (χ3v) is 5.00. The average molecular weight is 365 g/mol. The van der Waals surface area contributed by atoms with Crippen LogP contribution in [0.1, 0.15) is 41.5 Å². The van der Waals surface area contributed by atoms with Gasteiger partial charge >= 0.3 is 0 Å². The summed E-state index contributed by atoms with van der Waals surface area (Å²) in [7, 11) is 0. The predicted molar refractivity (Wildman–Crippen MR) is 93.6 cm³/mol. The van der Waals surface area contributed by atoms with Gasteiger partial charge in [0.1, 0.15) is 0 Å². The molecule has 0 N–H and O–H groups in total. The third kappa shape index (κ3) is 2.65. The number of hydrogen-bond acceptors (Lipinski definition) is 1. The van der Waals surface area contributed by atoms with Crippen LogP contribution in [0.2, 0.25) is 5.02 Å². The molecule has 0 amide bonds. The van der Waals surface area contributed by atoms with E-state index in [1.165, 1.54) is 36.1 Å². The van der Waals surface area contributed by atoms with Crippen molar-refractivity contribution in [3.63, 3.8) is 0 Å². The molecule has 0 unspecified atom stereocenters. The Bertz CT molecular complexity index is 643. The summed E-state index contributed by atoms with van der Waals surface area (Å²) in [6.07, 6.45) is 2.63. The monoisotopic (exact) mass is 363 g/mol. The lowest BCUT2D eigenvalue weighted by Crippen LogP contribution is -2.34. The summed E-state index contributed by atoms with van der Waals surface area (Å²) in [5, 5.41) is 0.837. The quantitative estimate of drug-likeness (QED) is 0.672. The first-order chi connectivity index (χ1) is 9.83. The van der Waals surface area contributed by atoms with Crippen LogP contribution in [0.3, 0.4) is 0 Å². The van der Waals surface area contributed by atoms with Crippen LogP contribution < -0.4 is 0 Å². The molecule has 21 heavy (non-hydrogen) atoms. The van der Waals surface area contributed by atoms with E-state index in [4.69, 9.17) is 11.6 Å². The van der Waals surface area contributed by atoms with E-state index in [1.54, 1.807) is 0 Å². The first kappa shape index (κ1) is 15.1. The van der Waals surface area contributed by atoms with Gasteiger partial charge in [0, 0.05) is 23.5 Å². The fourth-order valence-corrected chi connectivity index (χ4v) is 4.07. The van der Waals surface area contributed by atoms with E-state index in [-0.39, 0.29) is 17.0 Å². The largest absolute Gasteiger partial charge is 0.295 e. The van der Waals surface area contributed by atoms with E-state index >= 15 is 0 Å². The van der Waals surface area contributed by atoms with Crippen molar-refractivity contribution in [2.24, 2.45) is 0 Å². The van der Waals surface area contributed by atoms with Gasteiger partial charge in [-0.25, -0.2) is 0 Å². The van der Waals surface area contributed by atoms with Crippen LogP contribution in [-0.4, -0.2) is 18.0 Å². The van der Waals surface area contributed by atoms with E-state index < -0.39 is 0 Å². The summed E-state index contributed by atoms with van der Waals surface area (Å²) in [5.41, 5.74) is 4.37. The second-order valence-electron chi connectivity index (χ2n) is 5.89. The molecule has 2 aliphatic heterocycles. The van der Waals surface area contributed by atoms with E-state index in [2.05, 4.69) is 47.4 Å². The van der Waals surface area contributed by atoms with Crippen LogP contribution in [0.15, 0.2) is 48.5 Å². The number of nitrogens with zero attached hydrogens (tertiary/aromatic N) is 1. The van der Waals surface area contributed by atoms with Gasteiger partial charge in [-0.1, -0.05) is 48.0 Å². The number of fused-ring (bicyclic) bond motifs is 3. The van der Waals surface area contributed by atoms with Gasteiger partial charge in [-0.05, 0) is 48.2 Å². The highest BCUT2D eigenvalue weighted by atomic mass is 79.9. The maximum atomic E-state index is 6.19. The average Bonchev–Trinajstić information content (AvgIpc) is 2.95. The standard InChI is InChI=1S/C18H18ClN.BrH/c19-14-6-3-5-13(11-14)17-12-20-10-4-9-18(20)16-8-2-1-7-15(16)17;/h1-3,5-8,11,17-18H,4,9-10,12H2;1H/t17-,18+;/m0./s1. The highest BCUT2D eigenvalue weighted by molar-refractivity contribution is 8.93. The minimum atomic E-state index is 0. The Labute approximate surface area is 141 Å². The van der Waals surface area contributed by atoms with Crippen molar-refractivity contribution in [2.75, 3.05) is 13.1 Å². The zero-order chi connectivity index (χ0) is 13.5. The molecule has 4 rings (SSSR count). The van der Waals surface area contributed by atoms with E-state index in [1.807, 2.05) is 6.07 Å². The van der Waals surface area contributed by atoms with Crippen LogP contribution in [0, 0.1) is 0 Å². The molecular formula is C18H19BrClN. The van der Waals surface area contributed by atoms with Crippen LogP contribution in [0.4, 0.5) is 0 Å². The molecule has 1 saturated heterocycles. The van der Waals surface area contributed by atoms with Gasteiger partial charge in [0.15, 0.2) is 0 Å². The Morgan fingerprint density at radius 1 is 1.00 bits per heavy atom. The van der Waals surface area contributed by atoms with Gasteiger partial charge < -0.3 is 0 Å². The zero-order valence-electron chi connectivity index (χ0n) is 11.8. The Hall–Kier alpha value is -0.830. The second kappa shape index (κ2) is 6.12. The molecule has 3 heteroatoms. The van der Waals surface area contributed by atoms with Gasteiger partial charge in [-0.2, -0.15) is 0 Å². The van der Waals surface area contributed by atoms with Gasteiger partial charge in [0.25, 0.3) is 0 Å². The van der Waals surface area contributed by atoms with Crippen LogP contribution in [0.25, 0.3) is 0 Å². The summed E-state index contributed by atoms with van der Waals surface area (Å²) in [5.74, 6) is 0.458. The maximum absolute atomic E-state index is 6.19. The van der Waals surface area contributed by atoms with Crippen molar-refractivity contribution in [1.29, 1.82) is 0 Å². The highest BCUT2D eigenvalue weighted by Gasteiger charge is 2.36. The Morgan fingerprint density at radius 2 is 1.81 bits per heavy atom. The molecule has 2 aromatic carbocycles. The van der Waals surface area contributed by atoms with Gasteiger partial charge in [-0.3, -0.25) is 4.90 Å². The molecule has 1 fully saturated rings. The molecule has 2 heterocycles. The van der Waals surface area contributed by atoms with E-state index in [9.17, 15) is 0 Å². The molecule has 1 nitrogen and oxygen atoms in total. The molecule has 0 aromatic heterocycles. The summed E-state index contributed by atoms with van der Waals surface area (Å²) >= 11 is 6.19. The van der Waals surface area contributed by atoms with Crippen molar-refractivity contribution in [3.05, 3.63) is 70.2 Å². The smallest absolute Gasteiger partial charge is 0.0408 e. The fraction of sp³-hybridized carbons (Fsp3) is 0.333. The summed E-state index contributed by atoms with van der Waals surface area (Å²) in [4.78, 5) is 2.65. The number of rotatable bonds is 1. The lowest BCUT2D eigenvalue weighted by atomic mass is 9.82. The number of halogens is 2. The topological polar surface area (TPSA) is 3.24 Å². The fourth-order valence-electron chi connectivity index (χ4n) is 3.87. The molecule has 110 valence electrons. The van der Waals surface area contributed by atoms with Crippen molar-refractivity contribution in [2.45, 2.75) is 24.8 Å². The van der Waals surface area contributed by atoms with Crippen molar-refractivity contribution in [3.8, 4) is 0 Å². The minimum absolute atomic E-state index is 0. The minimum Gasteiger partial charge on any atom is -0.295 e. The van der Waals surface area contributed by atoms with Crippen LogP contribution in [-0.2, 0) is 0 Å². The van der Waals surface area contributed by atoms with Crippen molar-refractivity contribution < 1.29 is 0 Å². The van der Waals surface area contributed by atoms with Crippen LogP contribution >= 0.6 is 28.6 Å². The first-order valence-corrected chi connectivity index (χ1v) is 7.79. The molecule has 2 aromatic rings. The molecule has 0 bridgehead atoms. The zero-order valence-corrected chi connectivity index (χ0v) is 14.3. The molecule has 0 saturated carbocycles. The van der Waals surface area contributed by atoms with Gasteiger partial charge in [0.05, 0.1) is 0 Å². The molecule has 2 aliphatic rings. The van der Waals surface area contributed by atoms with E-state index in [0.29, 0.717) is 12.0 Å². The first-order valence-electron chi connectivity index (χ1n) is 7.41. The number of hydrogen-bond donors (Lipinski definition) is 0. The lowest BCUT2D eigenvalue weighted by Gasteiger charge is -2.37. The number of benzene rings is 2. The molecule has 0 spiro atoms. The van der Waals surface area contributed by atoms with Crippen molar-refractivity contribution >= 4 is 28.6 Å². The summed E-state index contributed by atoms with van der Waals surface area (Å²) < 4.78 is 0. The van der Waals surface area contributed by atoms with Crippen LogP contribution in [0.5, 0.6) is 0 Å². The normalized spacial score (nSPS) is 24.0. The molecule has 0 aliphatic carbocycles.